The van der Waals surface area contributed by atoms with Gasteiger partial charge in [-0.05, 0) is 32.2 Å². The Hall–Kier alpha value is -0.170. The SMILES string of the molecule is CCNCC1CCCCN1S(=O)(=O)C1CCOCC1. The van der Waals surface area contributed by atoms with Crippen molar-refractivity contribution in [3.8, 4) is 0 Å². The van der Waals surface area contributed by atoms with Gasteiger partial charge in [0.15, 0.2) is 0 Å². The van der Waals surface area contributed by atoms with E-state index >= 15 is 0 Å². The van der Waals surface area contributed by atoms with Crippen LogP contribution in [0.15, 0.2) is 0 Å². The van der Waals surface area contributed by atoms with Crippen molar-refractivity contribution in [2.45, 2.75) is 50.3 Å². The highest BCUT2D eigenvalue weighted by Crippen LogP contribution is 2.26. The summed E-state index contributed by atoms with van der Waals surface area (Å²) in [6, 6.07) is 0.140. The van der Waals surface area contributed by atoms with Gasteiger partial charge in [0, 0.05) is 32.3 Å². The molecule has 0 radical (unpaired) electrons. The van der Waals surface area contributed by atoms with E-state index in [4.69, 9.17) is 4.74 Å². The fourth-order valence-electron chi connectivity index (χ4n) is 2.99. The van der Waals surface area contributed by atoms with Crippen molar-refractivity contribution in [3.05, 3.63) is 0 Å². The van der Waals surface area contributed by atoms with E-state index in [1.54, 1.807) is 4.31 Å². The van der Waals surface area contributed by atoms with E-state index in [9.17, 15) is 8.42 Å². The van der Waals surface area contributed by atoms with Crippen LogP contribution < -0.4 is 5.32 Å². The number of likely N-dealkylation sites (N-methyl/N-ethyl adjacent to an activating group) is 1. The molecule has 0 aliphatic carbocycles. The standard InChI is InChI=1S/C13H26N2O3S/c1-2-14-11-12-5-3-4-8-15(12)19(16,17)13-6-9-18-10-7-13/h12-14H,2-11H2,1H3. The molecule has 2 aliphatic heterocycles. The van der Waals surface area contributed by atoms with E-state index in [2.05, 4.69) is 12.2 Å². The van der Waals surface area contributed by atoms with E-state index in [-0.39, 0.29) is 11.3 Å². The number of sulfonamides is 1. The van der Waals surface area contributed by atoms with Crippen LogP contribution in [0.2, 0.25) is 0 Å². The molecule has 0 saturated carbocycles. The highest BCUT2D eigenvalue weighted by molar-refractivity contribution is 7.89. The fraction of sp³-hybridized carbons (Fsp3) is 1.00. The zero-order valence-corrected chi connectivity index (χ0v) is 12.6. The number of hydrogen-bond acceptors (Lipinski definition) is 4. The molecule has 2 rings (SSSR count). The van der Waals surface area contributed by atoms with Crippen molar-refractivity contribution >= 4 is 10.0 Å². The normalized spacial score (nSPS) is 27.5. The highest BCUT2D eigenvalue weighted by atomic mass is 32.2. The molecule has 2 saturated heterocycles. The third kappa shape index (κ3) is 3.68. The number of hydrogen-bond donors (Lipinski definition) is 1. The van der Waals surface area contributed by atoms with Gasteiger partial charge in [-0.3, -0.25) is 0 Å². The molecule has 6 heteroatoms. The summed E-state index contributed by atoms with van der Waals surface area (Å²) >= 11 is 0. The predicted octanol–water partition coefficient (Wildman–Crippen LogP) is 0.959. The topological polar surface area (TPSA) is 58.6 Å². The summed E-state index contributed by atoms with van der Waals surface area (Å²) in [5, 5.41) is 3.06. The lowest BCUT2D eigenvalue weighted by Gasteiger charge is -2.38. The first-order valence-corrected chi connectivity index (χ1v) is 8.95. The van der Waals surface area contributed by atoms with E-state index in [1.807, 2.05) is 0 Å². The summed E-state index contributed by atoms with van der Waals surface area (Å²) in [4.78, 5) is 0. The Morgan fingerprint density at radius 3 is 2.63 bits per heavy atom. The monoisotopic (exact) mass is 290 g/mol. The Labute approximate surface area is 116 Å². The van der Waals surface area contributed by atoms with Crippen LogP contribution in [0.1, 0.15) is 39.0 Å². The van der Waals surface area contributed by atoms with Crippen molar-refractivity contribution < 1.29 is 13.2 Å². The zero-order chi connectivity index (χ0) is 13.7. The Bertz CT molecular complexity index is 366. The average molecular weight is 290 g/mol. The second kappa shape index (κ2) is 7.02. The molecule has 0 amide bonds. The number of nitrogens with one attached hydrogen (secondary N) is 1. The summed E-state index contributed by atoms with van der Waals surface area (Å²) in [6.07, 6.45) is 4.40. The first-order valence-electron chi connectivity index (χ1n) is 7.45. The maximum absolute atomic E-state index is 12.8. The van der Waals surface area contributed by atoms with Crippen LogP contribution >= 0.6 is 0 Å². The molecular weight excluding hydrogens is 264 g/mol. The third-order valence-corrected chi connectivity index (χ3v) is 6.57. The molecule has 19 heavy (non-hydrogen) atoms. The first kappa shape index (κ1) is 15.2. The average Bonchev–Trinajstić information content (AvgIpc) is 2.46. The van der Waals surface area contributed by atoms with Crippen LogP contribution in [0.5, 0.6) is 0 Å². The largest absolute Gasteiger partial charge is 0.381 e. The summed E-state index contributed by atoms with van der Waals surface area (Å²) in [7, 11) is -3.15. The second-order valence-electron chi connectivity index (χ2n) is 5.42. The van der Waals surface area contributed by atoms with Gasteiger partial charge in [-0.25, -0.2) is 8.42 Å². The van der Waals surface area contributed by atoms with Gasteiger partial charge in [0.25, 0.3) is 0 Å². The molecule has 1 unspecified atom stereocenters. The number of nitrogens with zero attached hydrogens (tertiary/aromatic N) is 1. The van der Waals surface area contributed by atoms with Crippen LogP contribution in [-0.4, -0.2) is 56.9 Å². The van der Waals surface area contributed by atoms with Crippen LogP contribution in [0.3, 0.4) is 0 Å². The minimum atomic E-state index is -3.15. The minimum absolute atomic E-state index is 0.140. The molecule has 0 aromatic rings. The van der Waals surface area contributed by atoms with Gasteiger partial charge in [0.05, 0.1) is 5.25 Å². The van der Waals surface area contributed by atoms with Gasteiger partial charge < -0.3 is 10.1 Å². The van der Waals surface area contributed by atoms with Crippen LogP contribution in [-0.2, 0) is 14.8 Å². The molecule has 1 N–H and O–H groups in total. The van der Waals surface area contributed by atoms with Gasteiger partial charge in [-0.2, -0.15) is 4.31 Å². The Kier molecular flexibility index (Phi) is 5.62. The molecule has 0 spiro atoms. The first-order chi connectivity index (χ1) is 9.16. The summed E-state index contributed by atoms with van der Waals surface area (Å²) in [5.74, 6) is 0. The molecule has 2 heterocycles. The Balaban J connectivity index is 2.06. The summed E-state index contributed by atoms with van der Waals surface area (Å²) < 4.78 is 32.6. The maximum Gasteiger partial charge on any atom is 0.217 e. The van der Waals surface area contributed by atoms with Gasteiger partial charge in [-0.1, -0.05) is 13.3 Å². The van der Waals surface area contributed by atoms with Crippen molar-refractivity contribution in [3.63, 3.8) is 0 Å². The maximum atomic E-state index is 12.8. The molecule has 0 bridgehead atoms. The summed E-state index contributed by atoms with van der Waals surface area (Å²) in [6.45, 7) is 5.57. The van der Waals surface area contributed by atoms with Crippen molar-refractivity contribution in [2.24, 2.45) is 0 Å². The quantitative estimate of drug-likeness (QED) is 0.819. The Morgan fingerprint density at radius 1 is 1.21 bits per heavy atom. The number of rotatable bonds is 5. The minimum Gasteiger partial charge on any atom is -0.381 e. The third-order valence-electron chi connectivity index (χ3n) is 4.12. The predicted molar refractivity (Wildman–Crippen MR) is 75.6 cm³/mol. The molecule has 5 nitrogen and oxygen atoms in total. The van der Waals surface area contributed by atoms with Crippen LogP contribution in [0.25, 0.3) is 0 Å². The van der Waals surface area contributed by atoms with Gasteiger partial charge >= 0.3 is 0 Å². The molecule has 2 aliphatic rings. The smallest absolute Gasteiger partial charge is 0.217 e. The fourth-order valence-corrected chi connectivity index (χ4v) is 5.14. The molecule has 0 aromatic carbocycles. The molecule has 112 valence electrons. The van der Waals surface area contributed by atoms with Gasteiger partial charge in [0.2, 0.25) is 10.0 Å². The van der Waals surface area contributed by atoms with Crippen LogP contribution in [0.4, 0.5) is 0 Å². The van der Waals surface area contributed by atoms with E-state index in [1.165, 1.54) is 0 Å². The van der Waals surface area contributed by atoms with Crippen LogP contribution in [0, 0.1) is 0 Å². The molecule has 2 fully saturated rings. The zero-order valence-electron chi connectivity index (χ0n) is 11.8. The summed E-state index contributed by atoms with van der Waals surface area (Å²) in [5.41, 5.74) is 0. The van der Waals surface area contributed by atoms with Crippen molar-refractivity contribution in [1.82, 2.24) is 9.62 Å². The lowest BCUT2D eigenvalue weighted by Crippen LogP contribution is -2.52. The lowest BCUT2D eigenvalue weighted by atomic mass is 10.1. The number of ether oxygens (including phenoxy) is 1. The van der Waals surface area contributed by atoms with Gasteiger partial charge in [-0.15, -0.1) is 0 Å². The number of piperidine rings is 1. The Morgan fingerprint density at radius 2 is 1.95 bits per heavy atom. The van der Waals surface area contributed by atoms with E-state index < -0.39 is 10.0 Å². The van der Waals surface area contributed by atoms with E-state index in [0.717, 1.165) is 32.4 Å². The van der Waals surface area contributed by atoms with Crippen molar-refractivity contribution in [2.75, 3.05) is 32.8 Å². The molecule has 0 aromatic heterocycles. The van der Waals surface area contributed by atoms with E-state index in [0.29, 0.717) is 32.6 Å². The van der Waals surface area contributed by atoms with Gasteiger partial charge in [0.1, 0.15) is 0 Å². The molecular formula is C13H26N2O3S. The molecule has 1 atom stereocenters. The lowest BCUT2D eigenvalue weighted by molar-refractivity contribution is 0.0962. The van der Waals surface area contributed by atoms with Crippen molar-refractivity contribution in [1.29, 1.82) is 0 Å². The highest BCUT2D eigenvalue weighted by Gasteiger charge is 2.38. The second-order valence-corrected chi connectivity index (χ2v) is 7.59.